The van der Waals surface area contributed by atoms with Crippen LogP contribution in [0.5, 0.6) is 0 Å². The molecule has 0 radical (unpaired) electrons. The van der Waals surface area contributed by atoms with Crippen LogP contribution in [0.4, 0.5) is 10.5 Å². The summed E-state index contributed by atoms with van der Waals surface area (Å²) in [6, 6.07) is 15.8. The fourth-order valence-electron chi connectivity index (χ4n) is 4.24. The minimum atomic E-state index is -0.209. The van der Waals surface area contributed by atoms with E-state index in [1.807, 2.05) is 30.3 Å². The quantitative estimate of drug-likeness (QED) is 0.509. The lowest BCUT2D eigenvalue weighted by molar-refractivity contribution is 0.220. The van der Waals surface area contributed by atoms with Gasteiger partial charge in [0, 0.05) is 30.3 Å². The van der Waals surface area contributed by atoms with E-state index < -0.39 is 0 Å². The molecular formula is C25H30N6O. The third kappa shape index (κ3) is 5.16. The fraction of sp³-hybridized carbons (Fsp3) is 0.400. The van der Waals surface area contributed by atoms with Gasteiger partial charge < -0.3 is 10.6 Å². The van der Waals surface area contributed by atoms with Crippen LogP contribution < -0.4 is 10.6 Å². The third-order valence-electron chi connectivity index (χ3n) is 6.27. The molecule has 5 rings (SSSR count). The first kappa shape index (κ1) is 20.7. The lowest BCUT2D eigenvalue weighted by Crippen LogP contribution is -2.31. The van der Waals surface area contributed by atoms with Gasteiger partial charge in [0.1, 0.15) is 5.82 Å². The topological polar surface area (TPSA) is 85.9 Å². The number of aromatic amines is 1. The summed E-state index contributed by atoms with van der Waals surface area (Å²) in [5.41, 5.74) is 4.13. The number of urea groups is 1. The minimum Gasteiger partial charge on any atom is -0.334 e. The molecule has 32 heavy (non-hydrogen) atoms. The minimum absolute atomic E-state index is 0.209. The Kier molecular flexibility index (Phi) is 6.16. The van der Waals surface area contributed by atoms with E-state index >= 15 is 0 Å². The van der Waals surface area contributed by atoms with Crippen LogP contribution in [-0.4, -0.2) is 39.2 Å². The molecule has 7 nitrogen and oxygen atoms in total. The zero-order chi connectivity index (χ0) is 21.8. The maximum absolute atomic E-state index is 12.5. The molecule has 2 heterocycles. The van der Waals surface area contributed by atoms with Crippen LogP contribution in [0.3, 0.4) is 0 Å². The fourth-order valence-corrected chi connectivity index (χ4v) is 4.24. The number of likely N-dealkylation sites (tertiary alicyclic amines) is 1. The smallest absolute Gasteiger partial charge is 0.319 e. The van der Waals surface area contributed by atoms with E-state index in [9.17, 15) is 4.79 Å². The average molecular weight is 431 g/mol. The van der Waals surface area contributed by atoms with Crippen LogP contribution in [0.25, 0.3) is 11.4 Å². The molecule has 2 amide bonds. The van der Waals surface area contributed by atoms with Crippen molar-refractivity contribution in [3.05, 3.63) is 65.5 Å². The summed E-state index contributed by atoms with van der Waals surface area (Å²) in [7, 11) is 0. The van der Waals surface area contributed by atoms with Crippen molar-refractivity contribution in [1.29, 1.82) is 0 Å². The lowest BCUT2D eigenvalue weighted by atomic mass is 10.0. The monoisotopic (exact) mass is 430 g/mol. The molecule has 166 valence electrons. The van der Waals surface area contributed by atoms with Gasteiger partial charge in [0.15, 0.2) is 5.82 Å². The number of nitrogens with one attached hydrogen (secondary N) is 3. The Morgan fingerprint density at radius 1 is 1.00 bits per heavy atom. The third-order valence-corrected chi connectivity index (χ3v) is 6.27. The maximum atomic E-state index is 12.5. The molecule has 7 heteroatoms. The molecule has 1 aliphatic carbocycles. The first-order valence-electron chi connectivity index (χ1n) is 11.6. The number of anilines is 1. The van der Waals surface area contributed by atoms with Crippen molar-refractivity contribution >= 4 is 11.7 Å². The predicted molar refractivity (Wildman–Crippen MR) is 125 cm³/mol. The zero-order valence-electron chi connectivity index (χ0n) is 18.3. The number of rotatable bonds is 7. The van der Waals surface area contributed by atoms with E-state index in [1.165, 1.54) is 43.2 Å². The highest BCUT2D eigenvalue weighted by atomic mass is 16.2. The van der Waals surface area contributed by atoms with E-state index in [0.29, 0.717) is 18.3 Å². The Hall–Kier alpha value is -3.19. The number of hydrogen-bond donors (Lipinski definition) is 3. The van der Waals surface area contributed by atoms with Crippen molar-refractivity contribution in [1.82, 2.24) is 25.4 Å². The normalized spacial score (nSPS) is 16.6. The lowest BCUT2D eigenvalue weighted by Gasteiger charge is -2.27. The summed E-state index contributed by atoms with van der Waals surface area (Å²) in [5.74, 6) is 2.22. The van der Waals surface area contributed by atoms with Gasteiger partial charge >= 0.3 is 6.03 Å². The molecule has 3 N–H and O–H groups in total. The van der Waals surface area contributed by atoms with Gasteiger partial charge in [-0.15, -0.1) is 0 Å². The van der Waals surface area contributed by atoms with E-state index in [4.69, 9.17) is 0 Å². The summed E-state index contributed by atoms with van der Waals surface area (Å²) in [5, 5.41) is 13.3. The van der Waals surface area contributed by atoms with Gasteiger partial charge in [-0.1, -0.05) is 30.7 Å². The molecule has 0 spiro atoms. The van der Waals surface area contributed by atoms with E-state index in [-0.39, 0.29) is 6.03 Å². The predicted octanol–water partition coefficient (Wildman–Crippen LogP) is 4.66. The van der Waals surface area contributed by atoms with E-state index in [0.717, 1.165) is 36.7 Å². The molecule has 2 fully saturated rings. The number of hydrogen-bond acceptors (Lipinski definition) is 4. The van der Waals surface area contributed by atoms with Gasteiger partial charge in [-0.3, -0.25) is 10.00 Å². The van der Waals surface area contributed by atoms with Crippen LogP contribution in [0, 0.1) is 0 Å². The standard InChI is InChI=1S/C25H30N6O/c32-25(26-16-20-6-2-3-7-21(20)17-31-14-4-1-5-15-31)27-22-12-10-19(11-13-22)24-28-23(29-30-24)18-8-9-18/h2-3,6-7,10-13,18H,1,4-5,8-9,14-17H2,(H2,26,27,32)(H,28,29,30). The van der Waals surface area contributed by atoms with Crippen LogP contribution in [0.15, 0.2) is 48.5 Å². The Balaban J connectivity index is 1.15. The Labute approximate surface area is 188 Å². The number of H-pyrrole nitrogens is 1. The number of benzene rings is 2. The number of piperidine rings is 1. The van der Waals surface area contributed by atoms with Crippen molar-refractivity contribution < 1.29 is 4.79 Å². The number of carbonyl (C=O) groups excluding carboxylic acids is 1. The first-order chi connectivity index (χ1) is 15.7. The van der Waals surface area contributed by atoms with Crippen molar-refractivity contribution in [2.75, 3.05) is 18.4 Å². The number of nitrogens with zero attached hydrogens (tertiary/aromatic N) is 3. The largest absolute Gasteiger partial charge is 0.334 e. The Bertz CT molecular complexity index is 1050. The SMILES string of the molecule is O=C(NCc1ccccc1CN1CCCCC1)Nc1ccc(-c2n[nH]c(C3CC3)n2)cc1. The Morgan fingerprint density at radius 3 is 2.50 bits per heavy atom. The molecular weight excluding hydrogens is 400 g/mol. The summed E-state index contributed by atoms with van der Waals surface area (Å²) in [4.78, 5) is 19.5. The highest BCUT2D eigenvalue weighted by molar-refractivity contribution is 5.89. The van der Waals surface area contributed by atoms with Crippen molar-refractivity contribution in [2.24, 2.45) is 0 Å². The second-order valence-corrected chi connectivity index (χ2v) is 8.81. The molecule has 1 aliphatic heterocycles. The molecule has 0 atom stereocenters. The van der Waals surface area contributed by atoms with Gasteiger partial charge in [-0.25, -0.2) is 9.78 Å². The molecule has 1 aromatic heterocycles. The summed E-state index contributed by atoms with van der Waals surface area (Å²) in [6.45, 7) is 3.78. The number of aromatic nitrogens is 3. The molecule has 0 unspecified atom stereocenters. The molecule has 2 aromatic carbocycles. The summed E-state index contributed by atoms with van der Waals surface area (Å²) >= 11 is 0. The summed E-state index contributed by atoms with van der Waals surface area (Å²) < 4.78 is 0. The summed E-state index contributed by atoms with van der Waals surface area (Å²) in [6.07, 6.45) is 6.27. The second kappa shape index (κ2) is 9.53. The van der Waals surface area contributed by atoms with Crippen molar-refractivity contribution in [3.8, 4) is 11.4 Å². The highest BCUT2D eigenvalue weighted by Gasteiger charge is 2.27. The van der Waals surface area contributed by atoms with Crippen molar-refractivity contribution in [2.45, 2.75) is 51.1 Å². The molecule has 1 saturated carbocycles. The number of amides is 2. The van der Waals surface area contributed by atoms with Gasteiger partial charge in [0.25, 0.3) is 0 Å². The Morgan fingerprint density at radius 2 is 1.75 bits per heavy atom. The van der Waals surface area contributed by atoms with Crippen LogP contribution in [-0.2, 0) is 13.1 Å². The van der Waals surface area contributed by atoms with Crippen LogP contribution >= 0.6 is 0 Å². The number of carbonyl (C=O) groups is 1. The first-order valence-corrected chi connectivity index (χ1v) is 11.6. The zero-order valence-corrected chi connectivity index (χ0v) is 18.3. The second-order valence-electron chi connectivity index (χ2n) is 8.81. The molecule has 2 aliphatic rings. The highest BCUT2D eigenvalue weighted by Crippen LogP contribution is 2.38. The molecule has 1 saturated heterocycles. The molecule has 0 bridgehead atoms. The van der Waals surface area contributed by atoms with Crippen LogP contribution in [0.1, 0.15) is 55.0 Å². The molecule has 3 aromatic rings. The maximum Gasteiger partial charge on any atom is 0.319 e. The van der Waals surface area contributed by atoms with Crippen LogP contribution in [0.2, 0.25) is 0 Å². The van der Waals surface area contributed by atoms with E-state index in [2.05, 4.69) is 48.9 Å². The average Bonchev–Trinajstić information content (AvgIpc) is 3.56. The van der Waals surface area contributed by atoms with E-state index in [1.54, 1.807) is 0 Å². The van der Waals surface area contributed by atoms with Gasteiger partial charge in [-0.2, -0.15) is 5.10 Å². The van der Waals surface area contributed by atoms with Gasteiger partial charge in [0.2, 0.25) is 0 Å². The van der Waals surface area contributed by atoms with Gasteiger partial charge in [0.05, 0.1) is 0 Å². The van der Waals surface area contributed by atoms with Crippen molar-refractivity contribution in [3.63, 3.8) is 0 Å². The van der Waals surface area contributed by atoms with Gasteiger partial charge in [-0.05, 0) is 74.2 Å².